The standard InChI is InChI=1S/C14H15ClN4O3S/c1-3-8(4-2)13-17-18-14(23-13)16-12(20)10-7-9(15)5-6-11(10)19(21)22/h5-8H,3-4H2,1-2H3,(H,16,18,20). The summed E-state index contributed by atoms with van der Waals surface area (Å²) >= 11 is 7.10. The third-order valence-electron chi connectivity index (χ3n) is 3.40. The van der Waals surface area contributed by atoms with Gasteiger partial charge in [-0.2, -0.15) is 0 Å². The molecular weight excluding hydrogens is 340 g/mol. The molecule has 1 heterocycles. The van der Waals surface area contributed by atoms with Crippen molar-refractivity contribution in [2.45, 2.75) is 32.6 Å². The smallest absolute Gasteiger partial charge is 0.282 e. The van der Waals surface area contributed by atoms with Crippen LogP contribution in [0.1, 0.15) is 48.0 Å². The second-order valence-electron chi connectivity index (χ2n) is 4.83. The first-order valence-corrected chi connectivity index (χ1v) is 8.24. The normalized spacial score (nSPS) is 10.8. The lowest BCUT2D eigenvalue weighted by Gasteiger charge is -2.06. The molecule has 7 nitrogen and oxygen atoms in total. The number of nitro groups is 1. The van der Waals surface area contributed by atoms with Gasteiger partial charge in [-0.05, 0) is 25.0 Å². The van der Waals surface area contributed by atoms with Crippen molar-refractivity contribution in [2.24, 2.45) is 0 Å². The topological polar surface area (TPSA) is 98.0 Å². The Bertz CT molecular complexity index is 731. The molecule has 1 aromatic carbocycles. The molecule has 9 heteroatoms. The lowest BCUT2D eigenvalue weighted by molar-refractivity contribution is -0.385. The Morgan fingerprint density at radius 2 is 2.09 bits per heavy atom. The van der Waals surface area contributed by atoms with Crippen LogP contribution in [0.15, 0.2) is 18.2 Å². The van der Waals surface area contributed by atoms with E-state index in [4.69, 9.17) is 11.6 Å². The number of carbonyl (C=O) groups excluding carboxylic acids is 1. The van der Waals surface area contributed by atoms with Crippen molar-refractivity contribution in [3.63, 3.8) is 0 Å². The maximum Gasteiger partial charge on any atom is 0.282 e. The van der Waals surface area contributed by atoms with Gasteiger partial charge in [0.25, 0.3) is 11.6 Å². The second-order valence-corrected chi connectivity index (χ2v) is 6.28. The van der Waals surface area contributed by atoms with E-state index in [-0.39, 0.29) is 16.3 Å². The molecule has 0 radical (unpaired) electrons. The molecule has 0 atom stereocenters. The zero-order chi connectivity index (χ0) is 17.0. The Kier molecular flexibility index (Phi) is 5.62. The molecule has 0 saturated carbocycles. The second kappa shape index (κ2) is 7.47. The monoisotopic (exact) mass is 354 g/mol. The van der Waals surface area contributed by atoms with Crippen LogP contribution < -0.4 is 5.32 Å². The van der Waals surface area contributed by atoms with E-state index in [2.05, 4.69) is 29.4 Å². The van der Waals surface area contributed by atoms with Crippen molar-refractivity contribution in [1.29, 1.82) is 0 Å². The first kappa shape index (κ1) is 17.3. The summed E-state index contributed by atoms with van der Waals surface area (Å²) in [4.78, 5) is 22.7. The maximum atomic E-state index is 12.3. The van der Waals surface area contributed by atoms with Crippen molar-refractivity contribution in [3.05, 3.63) is 43.9 Å². The highest BCUT2D eigenvalue weighted by Gasteiger charge is 2.22. The van der Waals surface area contributed by atoms with Crippen LogP contribution in [0.25, 0.3) is 0 Å². The largest absolute Gasteiger partial charge is 0.296 e. The molecule has 2 aromatic rings. The summed E-state index contributed by atoms with van der Waals surface area (Å²) in [5, 5.41) is 23.0. The lowest BCUT2D eigenvalue weighted by atomic mass is 10.1. The number of nitro benzene ring substituents is 1. The summed E-state index contributed by atoms with van der Waals surface area (Å²) in [6.45, 7) is 4.12. The molecule has 0 aliphatic rings. The Hall–Kier alpha value is -2.06. The Morgan fingerprint density at radius 3 is 2.70 bits per heavy atom. The highest BCUT2D eigenvalue weighted by molar-refractivity contribution is 7.15. The van der Waals surface area contributed by atoms with E-state index in [1.165, 1.54) is 29.5 Å². The van der Waals surface area contributed by atoms with E-state index in [9.17, 15) is 14.9 Å². The minimum absolute atomic E-state index is 0.109. The fourth-order valence-corrected chi connectivity index (χ4v) is 3.28. The summed E-state index contributed by atoms with van der Waals surface area (Å²) in [5.74, 6) is -0.342. The quantitative estimate of drug-likeness (QED) is 0.617. The number of halogens is 1. The fraction of sp³-hybridized carbons (Fsp3) is 0.357. The number of nitrogens with zero attached hydrogens (tertiary/aromatic N) is 3. The molecule has 0 aliphatic carbocycles. The summed E-state index contributed by atoms with van der Waals surface area (Å²) in [7, 11) is 0. The number of aromatic nitrogens is 2. The van der Waals surface area contributed by atoms with Gasteiger partial charge in [0.15, 0.2) is 0 Å². The van der Waals surface area contributed by atoms with E-state index in [0.29, 0.717) is 11.0 Å². The highest BCUT2D eigenvalue weighted by atomic mass is 35.5. The molecule has 2 rings (SSSR count). The molecule has 23 heavy (non-hydrogen) atoms. The zero-order valence-corrected chi connectivity index (χ0v) is 14.1. The molecule has 0 spiro atoms. The van der Waals surface area contributed by atoms with E-state index in [1.54, 1.807) is 0 Å². The molecule has 0 fully saturated rings. The van der Waals surface area contributed by atoms with Gasteiger partial charge in [-0.15, -0.1) is 10.2 Å². The van der Waals surface area contributed by atoms with E-state index in [0.717, 1.165) is 17.8 Å². The maximum absolute atomic E-state index is 12.3. The zero-order valence-electron chi connectivity index (χ0n) is 12.6. The summed E-state index contributed by atoms with van der Waals surface area (Å²) < 4.78 is 0. The average molecular weight is 355 g/mol. The van der Waals surface area contributed by atoms with Gasteiger partial charge in [0.2, 0.25) is 5.13 Å². The number of amides is 1. The predicted octanol–water partition coefficient (Wildman–Crippen LogP) is 4.26. The van der Waals surface area contributed by atoms with Crippen molar-refractivity contribution in [1.82, 2.24) is 10.2 Å². The van der Waals surface area contributed by atoms with Gasteiger partial charge in [0.1, 0.15) is 10.6 Å². The van der Waals surface area contributed by atoms with E-state index < -0.39 is 10.8 Å². The third kappa shape index (κ3) is 4.02. The molecular formula is C14H15ClN4O3S. The first-order valence-electron chi connectivity index (χ1n) is 7.04. The van der Waals surface area contributed by atoms with Crippen LogP contribution in [0.3, 0.4) is 0 Å². The SMILES string of the molecule is CCC(CC)c1nnc(NC(=O)c2cc(Cl)ccc2[N+](=O)[O-])s1. The minimum atomic E-state index is -0.633. The van der Waals surface area contributed by atoms with Gasteiger partial charge >= 0.3 is 0 Å². The van der Waals surface area contributed by atoms with Crippen LogP contribution in [0.5, 0.6) is 0 Å². The predicted molar refractivity (Wildman–Crippen MR) is 89.3 cm³/mol. The summed E-state index contributed by atoms with van der Waals surface area (Å²) in [6.07, 6.45) is 1.86. The highest BCUT2D eigenvalue weighted by Crippen LogP contribution is 2.29. The van der Waals surface area contributed by atoms with Crippen LogP contribution >= 0.6 is 22.9 Å². The Labute approximate surface area is 141 Å². The van der Waals surface area contributed by atoms with Crippen molar-refractivity contribution in [3.8, 4) is 0 Å². The molecule has 1 amide bonds. The number of hydrogen-bond acceptors (Lipinski definition) is 6. The number of anilines is 1. The molecule has 0 aliphatic heterocycles. The Morgan fingerprint density at radius 1 is 1.39 bits per heavy atom. The number of hydrogen-bond donors (Lipinski definition) is 1. The Balaban J connectivity index is 2.23. The lowest BCUT2D eigenvalue weighted by Crippen LogP contribution is -2.13. The van der Waals surface area contributed by atoms with Crippen molar-refractivity contribution >= 4 is 39.7 Å². The molecule has 0 unspecified atom stereocenters. The van der Waals surface area contributed by atoms with Gasteiger partial charge in [0, 0.05) is 17.0 Å². The number of rotatable bonds is 6. The molecule has 1 N–H and O–H groups in total. The van der Waals surface area contributed by atoms with Gasteiger partial charge in [-0.1, -0.05) is 36.8 Å². The van der Waals surface area contributed by atoms with Crippen LogP contribution in [-0.2, 0) is 0 Å². The third-order valence-corrected chi connectivity index (χ3v) is 4.63. The van der Waals surface area contributed by atoms with E-state index >= 15 is 0 Å². The molecule has 0 bridgehead atoms. The minimum Gasteiger partial charge on any atom is -0.296 e. The van der Waals surface area contributed by atoms with Gasteiger partial charge < -0.3 is 0 Å². The fourth-order valence-electron chi connectivity index (χ4n) is 2.10. The number of carbonyl (C=O) groups is 1. The van der Waals surface area contributed by atoms with Crippen LogP contribution in [-0.4, -0.2) is 21.0 Å². The van der Waals surface area contributed by atoms with Crippen molar-refractivity contribution < 1.29 is 9.72 Å². The average Bonchev–Trinajstić information content (AvgIpc) is 2.96. The summed E-state index contributed by atoms with van der Waals surface area (Å²) in [5.41, 5.74) is -0.418. The molecule has 0 saturated heterocycles. The van der Waals surface area contributed by atoms with Crippen LogP contribution in [0, 0.1) is 10.1 Å². The van der Waals surface area contributed by atoms with Gasteiger partial charge in [-0.3, -0.25) is 20.2 Å². The van der Waals surface area contributed by atoms with Crippen LogP contribution in [0.2, 0.25) is 5.02 Å². The number of benzene rings is 1. The first-order chi connectivity index (χ1) is 11.0. The molecule has 122 valence electrons. The number of nitrogens with one attached hydrogen (secondary N) is 1. The van der Waals surface area contributed by atoms with Crippen LogP contribution in [0.4, 0.5) is 10.8 Å². The van der Waals surface area contributed by atoms with Crippen molar-refractivity contribution in [2.75, 3.05) is 5.32 Å². The van der Waals surface area contributed by atoms with Gasteiger partial charge in [0.05, 0.1) is 4.92 Å². The van der Waals surface area contributed by atoms with Gasteiger partial charge in [-0.25, -0.2) is 0 Å². The summed E-state index contributed by atoms with van der Waals surface area (Å²) in [6, 6.07) is 3.83. The molecule has 1 aromatic heterocycles. The van der Waals surface area contributed by atoms with E-state index in [1.807, 2.05) is 0 Å².